The third-order valence-electron chi connectivity index (χ3n) is 2.56. The molecule has 0 aliphatic carbocycles. The number of carbonyl (C=O) groups is 1. The first kappa shape index (κ1) is 11.1. The summed E-state index contributed by atoms with van der Waals surface area (Å²) in [4.78, 5) is 10.6. The van der Waals surface area contributed by atoms with E-state index < -0.39 is 0 Å². The molecule has 3 heteroatoms. The normalized spacial score (nSPS) is 10.6. The second-order valence-corrected chi connectivity index (χ2v) is 4.46. The summed E-state index contributed by atoms with van der Waals surface area (Å²) in [7, 11) is 0. The quantitative estimate of drug-likeness (QED) is 0.621. The molecule has 0 saturated heterocycles. The Balaban J connectivity index is 2.70. The fraction of sp³-hybridized carbons (Fsp3) is 0.154. The van der Waals surface area contributed by atoms with Crippen LogP contribution in [-0.4, -0.2) is 10.9 Å². The second kappa shape index (κ2) is 4.66. The van der Waals surface area contributed by atoms with Crippen molar-refractivity contribution < 1.29 is 4.79 Å². The summed E-state index contributed by atoms with van der Waals surface area (Å²) < 4.78 is 3.15. The molecule has 1 aromatic heterocycles. The molecule has 2 nitrogen and oxygen atoms in total. The number of hydrogen-bond acceptors (Lipinski definition) is 1. The van der Waals surface area contributed by atoms with Crippen molar-refractivity contribution in [2.24, 2.45) is 0 Å². The summed E-state index contributed by atoms with van der Waals surface area (Å²) in [6, 6.07) is 6.03. The van der Waals surface area contributed by atoms with E-state index in [9.17, 15) is 4.79 Å². The molecule has 0 spiro atoms. The maximum atomic E-state index is 10.6. The Labute approximate surface area is 103 Å². The van der Waals surface area contributed by atoms with Crippen molar-refractivity contribution >= 4 is 33.1 Å². The van der Waals surface area contributed by atoms with Crippen LogP contribution < -0.4 is 0 Å². The molecule has 0 unspecified atom stereocenters. The van der Waals surface area contributed by atoms with E-state index in [0.29, 0.717) is 6.42 Å². The standard InChI is InChI=1S/C13H12BrNO/c1-2-7-15-9-10(6-8-16)11-4-3-5-12(14)13(11)15/h2-5,8-9H,1,6-7H2. The van der Waals surface area contributed by atoms with E-state index in [-0.39, 0.29) is 0 Å². The number of allylic oxidation sites excluding steroid dienone is 1. The number of benzene rings is 1. The van der Waals surface area contributed by atoms with E-state index in [4.69, 9.17) is 0 Å². The van der Waals surface area contributed by atoms with E-state index in [1.165, 1.54) is 0 Å². The van der Waals surface area contributed by atoms with Crippen LogP contribution >= 0.6 is 15.9 Å². The first-order valence-corrected chi connectivity index (χ1v) is 5.88. The highest BCUT2D eigenvalue weighted by Crippen LogP contribution is 2.28. The van der Waals surface area contributed by atoms with E-state index in [2.05, 4.69) is 27.1 Å². The lowest BCUT2D eigenvalue weighted by molar-refractivity contribution is -0.107. The van der Waals surface area contributed by atoms with Gasteiger partial charge in [0.25, 0.3) is 0 Å². The highest BCUT2D eigenvalue weighted by molar-refractivity contribution is 9.10. The van der Waals surface area contributed by atoms with Crippen LogP contribution in [0.2, 0.25) is 0 Å². The van der Waals surface area contributed by atoms with Crippen molar-refractivity contribution in [2.45, 2.75) is 13.0 Å². The SMILES string of the molecule is C=CCn1cc(CC=O)c2cccc(Br)c21. The van der Waals surface area contributed by atoms with Gasteiger partial charge in [0.1, 0.15) is 6.29 Å². The predicted octanol–water partition coefficient (Wildman–Crippen LogP) is 3.33. The average molecular weight is 278 g/mol. The third-order valence-corrected chi connectivity index (χ3v) is 3.20. The Morgan fingerprint density at radius 1 is 1.44 bits per heavy atom. The number of hydrogen-bond donors (Lipinski definition) is 0. The lowest BCUT2D eigenvalue weighted by atomic mass is 10.1. The van der Waals surface area contributed by atoms with Crippen LogP contribution in [0.15, 0.2) is 41.5 Å². The lowest BCUT2D eigenvalue weighted by Crippen LogP contribution is -1.92. The molecule has 1 heterocycles. The molecule has 0 bridgehead atoms. The topological polar surface area (TPSA) is 22.0 Å². The zero-order chi connectivity index (χ0) is 11.5. The van der Waals surface area contributed by atoms with E-state index in [1.807, 2.05) is 30.5 Å². The van der Waals surface area contributed by atoms with Crippen LogP contribution in [0.25, 0.3) is 10.9 Å². The summed E-state index contributed by atoms with van der Waals surface area (Å²) in [5, 5.41) is 1.13. The Morgan fingerprint density at radius 2 is 2.25 bits per heavy atom. The summed E-state index contributed by atoms with van der Waals surface area (Å²) in [5.74, 6) is 0. The van der Waals surface area contributed by atoms with Gasteiger partial charge in [0.15, 0.2) is 0 Å². The maximum Gasteiger partial charge on any atom is 0.124 e. The molecular formula is C13H12BrNO. The van der Waals surface area contributed by atoms with Crippen molar-refractivity contribution in [2.75, 3.05) is 0 Å². The van der Waals surface area contributed by atoms with Crippen LogP contribution in [0.1, 0.15) is 5.56 Å². The number of nitrogens with zero attached hydrogens (tertiary/aromatic N) is 1. The van der Waals surface area contributed by atoms with Gasteiger partial charge >= 0.3 is 0 Å². The Morgan fingerprint density at radius 3 is 2.94 bits per heavy atom. The van der Waals surface area contributed by atoms with Gasteiger partial charge in [-0.15, -0.1) is 6.58 Å². The number of aldehydes is 1. The third kappa shape index (κ3) is 1.83. The van der Waals surface area contributed by atoms with Gasteiger partial charge in [0, 0.05) is 29.0 Å². The molecule has 0 radical (unpaired) electrons. The fourth-order valence-electron chi connectivity index (χ4n) is 1.92. The Hall–Kier alpha value is -1.35. The molecule has 0 atom stereocenters. The van der Waals surface area contributed by atoms with Gasteiger partial charge in [-0.2, -0.15) is 0 Å². The number of rotatable bonds is 4. The summed E-state index contributed by atoms with van der Waals surface area (Å²) >= 11 is 3.54. The number of halogens is 1. The van der Waals surface area contributed by atoms with Crippen LogP contribution in [-0.2, 0) is 17.8 Å². The minimum Gasteiger partial charge on any atom is -0.342 e. The Kier molecular flexibility index (Phi) is 3.25. The number of aromatic nitrogens is 1. The molecule has 0 N–H and O–H groups in total. The zero-order valence-corrected chi connectivity index (χ0v) is 10.4. The summed E-state index contributed by atoms with van der Waals surface area (Å²) in [6.45, 7) is 4.49. The molecule has 2 aromatic rings. The van der Waals surface area contributed by atoms with Crippen LogP contribution in [0.4, 0.5) is 0 Å². The summed E-state index contributed by atoms with van der Waals surface area (Å²) in [5.41, 5.74) is 2.19. The molecule has 0 aliphatic rings. The molecule has 2 rings (SSSR count). The first-order valence-electron chi connectivity index (χ1n) is 5.08. The second-order valence-electron chi connectivity index (χ2n) is 3.60. The van der Waals surface area contributed by atoms with Crippen molar-refractivity contribution in [1.29, 1.82) is 0 Å². The monoisotopic (exact) mass is 277 g/mol. The van der Waals surface area contributed by atoms with Crippen molar-refractivity contribution in [3.05, 3.63) is 47.1 Å². The van der Waals surface area contributed by atoms with E-state index in [1.54, 1.807) is 0 Å². The molecule has 1 aromatic carbocycles. The lowest BCUT2D eigenvalue weighted by Gasteiger charge is -2.02. The van der Waals surface area contributed by atoms with Gasteiger partial charge in [-0.05, 0) is 27.6 Å². The zero-order valence-electron chi connectivity index (χ0n) is 8.82. The largest absolute Gasteiger partial charge is 0.342 e. The van der Waals surface area contributed by atoms with E-state index in [0.717, 1.165) is 33.8 Å². The molecule has 0 saturated carbocycles. The maximum absolute atomic E-state index is 10.6. The molecule has 0 aliphatic heterocycles. The van der Waals surface area contributed by atoms with Gasteiger partial charge in [-0.25, -0.2) is 0 Å². The molecule has 0 fully saturated rings. The van der Waals surface area contributed by atoms with Gasteiger partial charge in [0.2, 0.25) is 0 Å². The van der Waals surface area contributed by atoms with Gasteiger partial charge in [-0.1, -0.05) is 18.2 Å². The van der Waals surface area contributed by atoms with Gasteiger partial charge in [-0.3, -0.25) is 0 Å². The highest BCUT2D eigenvalue weighted by Gasteiger charge is 2.09. The van der Waals surface area contributed by atoms with Gasteiger partial charge in [0.05, 0.1) is 5.52 Å². The Bertz CT molecular complexity index is 542. The minimum atomic E-state index is 0.455. The van der Waals surface area contributed by atoms with E-state index >= 15 is 0 Å². The fourth-order valence-corrected chi connectivity index (χ4v) is 2.52. The van der Waals surface area contributed by atoms with Crippen LogP contribution in [0.5, 0.6) is 0 Å². The molecule has 82 valence electrons. The molecular weight excluding hydrogens is 266 g/mol. The minimum absolute atomic E-state index is 0.455. The molecule has 16 heavy (non-hydrogen) atoms. The summed E-state index contributed by atoms with van der Waals surface area (Å²) in [6.07, 6.45) is 5.26. The number of para-hydroxylation sites is 1. The van der Waals surface area contributed by atoms with Crippen molar-refractivity contribution in [1.82, 2.24) is 4.57 Å². The van der Waals surface area contributed by atoms with Crippen molar-refractivity contribution in [3.8, 4) is 0 Å². The average Bonchev–Trinajstić information content (AvgIpc) is 2.60. The van der Waals surface area contributed by atoms with Gasteiger partial charge < -0.3 is 9.36 Å². The predicted molar refractivity (Wildman–Crippen MR) is 69.6 cm³/mol. The molecule has 0 amide bonds. The number of carbonyl (C=O) groups excluding carboxylic acids is 1. The van der Waals surface area contributed by atoms with Crippen molar-refractivity contribution in [3.63, 3.8) is 0 Å². The first-order chi connectivity index (χ1) is 7.77. The smallest absolute Gasteiger partial charge is 0.124 e. The highest BCUT2D eigenvalue weighted by atomic mass is 79.9. The van der Waals surface area contributed by atoms with Crippen LogP contribution in [0, 0.1) is 0 Å². The van der Waals surface area contributed by atoms with Crippen LogP contribution in [0.3, 0.4) is 0 Å². The number of fused-ring (bicyclic) bond motifs is 1.